The molecule has 1 aromatic carbocycles. The Morgan fingerprint density at radius 2 is 2.04 bits per heavy atom. The predicted octanol–water partition coefficient (Wildman–Crippen LogP) is 4.00. The number of furan rings is 1. The largest absolute Gasteiger partial charge is 0.468 e. The summed E-state index contributed by atoms with van der Waals surface area (Å²) in [6.07, 6.45) is 2.61. The fraction of sp³-hybridized carbons (Fsp3) is 0.300. The van der Waals surface area contributed by atoms with Crippen LogP contribution in [0.3, 0.4) is 0 Å². The zero-order valence-corrected chi connectivity index (χ0v) is 15.5. The van der Waals surface area contributed by atoms with E-state index < -0.39 is 0 Å². The number of hydrogen-bond donors (Lipinski definition) is 0. The molecule has 0 spiro atoms. The van der Waals surface area contributed by atoms with Gasteiger partial charge >= 0.3 is 0 Å². The fourth-order valence-electron chi connectivity index (χ4n) is 3.25. The SMILES string of the molecule is Cn1nc(-c2ccccc2)cc1C(=O)N1CCSC(c2ccco2)CC1. The van der Waals surface area contributed by atoms with Gasteiger partial charge in [-0.3, -0.25) is 9.48 Å². The minimum Gasteiger partial charge on any atom is -0.468 e. The monoisotopic (exact) mass is 367 g/mol. The number of hydrogen-bond acceptors (Lipinski definition) is 4. The zero-order valence-electron chi connectivity index (χ0n) is 14.7. The van der Waals surface area contributed by atoms with Crippen LogP contribution in [0.15, 0.2) is 59.2 Å². The number of aryl methyl sites for hydroxylation is 1. The minimum atomic E-state index is 0.0443. The smallest absolute Gasteiger partial charge is 0.272 e. The van der Waals surface area contributed by atoms with Crippen molar-refractivity contribution in [2.75, 3.05) is 18.8 Å². The zero-order chi connectivity index (χ0) is 17.9. The lowest BCUT2D eigenvalue weighted by Gasteiger charge is -2.19. The maximum absolute atomic E-state index is 13.0. The number of aromatic nitrogens is 2. The molecule has 1 aliphatic rings. The summed E-state index contributed by atoms with van der Waals surface area (Å²) in [5.74, 6) is 1.94. The Bertz CT molecular complexity index is 874. The van der Waals surface area contributed by atoms with E-state index >= 15 is 0 Å². The molecular weight excluding hydrogens is 346 g/mol. The topological polar surface area (TPSA) is 51.3 Å². The molecule has 0 radical (unpaired) electrons. The number of carbonyl (C=O) groups is 1. The average molecular weight is 367 g/mol. The molecule has 1 saturated heterocycles. The Kier molecular flexibility index (Phi) is 4.84. The van der Waals surface area contributed by atoms with E-state index in [1.165, 1.54) is 0 Å². The number of benzene rings is 1. The highest BCUT2D eigenvalue weighted by molar-refractivity contribution is 7.99. The third kappa shape index (κ3) is 3.42. The number of amides is 1. The molecule has 0 aliphatic carbocycles. The lowest BCUT2D eigenvalue weighted by atomic mass is 10.1. The van der Waals surface area contributed by atoms with Gasteiger partial charge in [0.2, 0.25) is 0 Å². The van der Waals surface area contributed by atoms with Gasteiger partial charge in [0.05, 0.1) is 17.2 Å². The second-order valence-electron chi connectivity index (χ2n) is 6.36. The third-order valence-corrected chi connectivity index (χ3v) is 5.95. The van der Waals surface area contributed by atoms with Crippen LogP contribution in [0.1, 0.15) is 27.9 Å². The van der Waals surface area contributed by atoms with E-state index in [4.69, 9.17) is 4.42 Å². The highest BCUT2D eigenvalue weighted by Gasteiger charge is 2.26. The van der Waals surface area contributed by atoms with Gasteiger partial charge in [0.25, 0.3) is 5.91 Å². The summed E-state index contributed by atoms with van der Waals surface area (Å²) in [4.78, 5) is 15.0. The molecule has 1 aliphatic heterocycles. The molecule has 3 aromatic rings. The van der Waals surface area contributed by atoms with E-state index in [0.717, 1.165) is 42.3 Å². The molecule has 0 N–H and O–H groups in total. The average Bonchev–Trinajstić information content (AvgIpc) is 3.26. The highest BCUT2D eigenvalue weighted by Crippen LogP contribution is 2.34. The second-order valence-corrected chi connectivity index (χ2v) is 7.67. The van der Waals surface area contributed by atoms with E-state index in [1.54, 1.807) is 10.9 Å². The van der Waals surface area contributed by atoms with E-state index in [1.807, 2.05) is 72.2 Å². The molecular formula is C20H21N3O2S. The summed E-state index contributed by atoms with van der Waals surface area (Å²) in [7, 11) is 1.83. The van der Waals surface area contributed by atoms with Crippen LogP contribution in [0, 0.1) is 0 Å². The van der Waals surface area contributed by atoms with Crippen LogP contribution in [0.2, 0.25) is 0 Å². The summed E-state index contributed by atoms with van der Waals surface area (Å²) in [5, 5.41) is 4.84. The third-order valence-electron chi connectivity index (χ3n) is 4.66. The normalized spacial score (nSPS) is 17.9. The van der Waals surface area contributed by atoms with E-state index in [0.29, 0.717) is 10.9 Å². The molecule has 134 valence electrons. The van der Waals surface area contributed by atoms with Crippen LogP contribution in [-0.4, -0.2) is 39.4 Å². The van der Waals surface area contributed by atoms with Crippen molar-refractivity contribution in [3.63, 3.8) is 0 Å². The fourth-order valence-corrected chi connectivity index (χ4v) is 4.44. The number of rotatable bonds is 3. The Balaban J connectivity index is 1.50. The van der Waals surface area contributed by atoms with Crippen LogP contribution >= 0.6 is 11.8 Å². The summed E-state index contributed by atoms with van der Waals surface area (Å²) >= 11 is 1.85. The molecule has 3 heterocycles. The standard InChI is InChI=1S/C20H21N3O2S/c1-22-17(14-16(21-22)15-6-3-2-4-7-15)20(24)23-10-9-19(26-13-11-23)18-8-5-12-25-18/h2-8,12,14,19H,9-11,13H2,1H3. The first-order chi connectivity index (χ1) is 12.7. The van der Waals surface area contributed by atoms with Crippen LogP contribution in [0.5, 0.6) is 0 Å². The first kappa shape index (κ1) is 17.0. The summed E-state index contributed by atoms with van der Waals surface area (Å²) in [5.41, 5.74) is 2.48. The van der Waals surface area contributed by atoms with Gasteiger partial charge < -0.3 is 9.32 Å². The van der Waals surface area contributed by atoms with Gasteiger partial charge in [0.15, 0.2) is 0 Å². The molecule has 2 aromatic heterocycles. The molecule has 26 heavy (non-hydrogen) atoms. The van der Waals surface area contributed by atoms with Gasteiger partial charge in [0, 0.05) is 31.5 Å². The Hall–Kier alpha value is -2.47. The molecule has 0 saturated carbocycles. The van der Waals surface area contributed by atoms with Crippen molar-refractivity contribution in [3.05, 3.63) is 66.2 Å². The van der Waals surface area contributed by atoms with Crippen molar-refractivity contribution in [1.82, 2.24) is 14.7 Å². The molecule has 5 nitrogen and oxygen atoms in total. The maximum atomic E-state index is 13.0. The Labute approximate surface area is 157 Å². The van der Waals surface area contributed by atoms with E-state index in [-0.39, 0.29) is 5.91 Å². The molecule has 0 bridgehead atoms. The van der Waals surface area contributed by atoms with Crippen molar-refractivity contribution in [1.29, 1.82) is 0 Å². The minimum absolute atomic E-state index is 0.0443. The Morgan fingerprint density at radius 3 is 2.81 bits per heavy atom. The van der Waals surface area contributed by atoms with Gasteiger partial charge in [-0.05, 0) is 24.6 Å². The molecule has 1 atom stereocenters. The number of nitrogens with zero attached hydrogens (tertiary/aromatic N) is 3. The first-order valence-corrected chi connectivity index (χ1v) is 9.81. The van der Waals surface area contributed by atoms with Crippen molar-refractivity contribution in [2.24, 2.45) is 7.05 Å². The molecule has 6 heteroatoms. The van der Waals surface area contributed by atoms with E-state index in [2.05, 4.69) is 5.10 Å². The van der Waals surface area contributed by atoms with Crippen molar-refractivity contribution >= 4 is 17.7 Å². The summed E-state index contributed by atoms with van der Waals surface area (Å²) in [6.45, 7) is 1.47. The van der Waals surface area contributed by atoms with Crippen molar-refractivity contribution in [2.45, 2.75) is 11.7 Å². The highest BCUT2D eigenvalue weighted by atomic mass is 32.2. The predicted molar refractivity (Wildman–Crippen MR) is 103 cm³/mol. The maximum Gasteiger partial charge on any atom is 0.272 e. The van der Waals surface area contributed by atoms with Crippen LogP contribution in [0.25, 0.3) is 11.3 Å². The van der Waals surface area contributed by atoms with Gasteiger partial charge in [0.1, 0.15) is 11.5 Å². The first-order valence-electron chi connectivity index (χ1n) is 8.76. The van der Waals surface area contributed by atoms with E-state index in [9.17, 15) is 4.79 Å². The van der Waals surface area contributed by atoms with Crippen molar-refractivity contribution in [3.8, 4) is 11.3 Å². The van der Waals surface area contributed by atoms with Gasteiger partial charge in [-0.2, -0.15) is 5.10 Å². The second kappa shape index (κ2) is 7.41. The van der Waals surface area contributed by atoms with Crippen LogP contribution < -0.4 is 0 Å². The molecule has 1 amide bonds. The van der Waals surface area contributed by atoms with Gasteiger partial charge in [-0.15, -0.1) is 11.8 Å². The molecule has 4 rings (SSSR count). The summed E-state index contributed by atoms with van der Waals surface area (Å²) in [6, 6.07) is 15.8. The lowest BCUT2D eigenvalue weighted by Crippen LogP contribution is -2.34. The quantitative estimate of drug-likeness (QED) is 0.702. The van der Waals surface area contributed by atoms with Gasteiger partial charge in [-0.25, -0.2) is 0 Å². The van der Waals surface area contributed by atoms with Crippen LogP contribution in [0.4, 0.5) is 0 Å². The number of thioether (sulfide) groups is 1. The Morgan fingerprint density at radius 1 is 1.19 bits per heavy atom. The molecule has 1 fully saturated rings. The van der Waals surface area contributed by atoms with Crippen LogP contribution in [-0.2, 0) is 7.05 Å². The van der Waals surface area contributed by atoms with Gasteiger partial charge in [-0.1, -0.05) is 30.3 Å². The summed E-state index contributed by atoms with van der Waals surface area (Å²) < 4.78 is 7.23. The lowest BCUT2D eigenvalue weighted by molar-refractivity contribution is 0.0755. The van der Waals surface area contributed by atoms with Crippen molar-refractivity contribution < 1.29 is 9.21 Å². The number of carbonyl (C=O) groups excluding carboxylic acids is 1. The molecule has 1 unspecified atom stereocenters.